The largest absolute Gasteiger partial charge is 0.494 e. The van der Waals surface area contributed by atoms with Gasteiger partial charge in [0.2, 0.25) is 0 Å². The number of anilines is 1. The molecule has 4 heteroatoms. The van der Waals surface area contributed by atoms with Crippen molar-refractivity contribution in [2.75, 3.05) is 12.3 Å². The highest BCUT2D eigenvalue weighted by Gasteiger charge is 2.08. The summed E-state index contributed by atoms with van der Waals surface area (Å²) in [6.45, 7) is 4.59. The Kier molecular flexibility index (Phi) is 3.10. The van der Waals surface area contributed by atoms with E-state index in [1.165, 1.54) is 0 Å². The lowest BCUT2D eigenvalue weighted by Crippen LogP contribution is -1.91. The fourth-order valence-electron chi connectivity index (χ4n) is 1.54. The fraction of sp³-hybridized carbons (Fsp3) is 0.250. The lowest BCUT2D eigenvalue weighted by atomic mass is 10.2. The van der Waals surface area contributed by atoms with Crippen molar-refractivity contribution < 1.29 is 4.74 Å². The fourth-order valence-corrected chi connectivity index (χ4v) is 2.38. The molecule has 1 aromatic carbocycles. The SMILES string of the molecule is CCOc1cccc(-c2sc(C)nc2N)c1. The molecule has 2 aromatic rings. The lowest BCUT2D eigenvalue weighted by molar-refractivity contribution is 0.340. The van der Waals surface area contributed by atoms with Gasteiger partial charge in [-0.15, -0.1) is 11.3 Å². The maximum Gasteiger partial charge on any atom is 0.142 e. The van der Waals surface area contributed by atoms with E-state index in [9.17, 15) is 0 Å². The second kappa shape index (κ2) is 4.53. The van der Waals surface area contributed by atoms with Crippen molar-refractivity contribution in [1.29, 1.82) is 0 Å². The number of nitrogens with zero attached hydrogens (tertiary/aromatic N) is 1. The van der Waals surface area contributed by atoms with Crippen LogP contribution in [0.4, 0.5) is 5.82 Å². The summed E-state index contributed by atoms with van der Waals surface area (Å²) in [5.74, 6) is 1.46. The highest BCUT2D eigenvalue weighted by atomic mass is 32.1. The molecule has 0 amide bonds. The number of benzene rings is 1. The molecule has 0 saturated heterocycles. The summed E-state index contributed by atoms with van der Waals surface area (Å²) in [4.78, 5) is 5.23. The van der Waals surface area contributed by atoms with Crippen LogP contribution in [-0.2, 0) is 0 Å². The predicted octanol–water partition coefficient (Wildman–Crippen LogP) is 3.10. The third kappa shape index (κ3) is 2.17. The van der Waals surface area contributed by atoms with Gasteiger partial charge < -0.3 is 10.5 Å². The van der Waals surface area contributed by atoms with Crippen molar-refractivity contribution in [3.63, 3.8) is 0 Å². The zero-order chi connectivity index (χ0) is 11.5. The predicted molar refractivity (Wildman–Crippen MR) is 67.9 cm³/mol. The lowest BCUT2D eigenvalue weighted by Gasteiger charge is -2.04. The van der Waals surface area contributed by atoms with E-state index in [0.29, 0.717) is 12.4 Å². The Morgan fingerprint density at radius 1 is 1.44 bits per heavy atom. The molecule has 0 saturated carbocycles. The van der Waals surface area contributed by atoms with E-state index in [2.05, 4.69) is 4.98 Å². The Morgan fingerprint density at radius 3 is 2.88 bits per heavy atom. The quantitative estimate of drug-likeness (QED) is 0.887. The molecule has 16 heavy (non-hydrogen) atoms. The van der Waals surface area contributed by atoms with Crippen LogP contribution in [0, 0.1) is 6.92 Å². The van der Waals surface area contributed by atoms with E-state index in [0.717, 1.165) is 21.2 Å². The monoisotopic (exact) mass is 234 g/mol. The van der Waals surface area contributed by atoms with Gasteiger partial charge in [0.15, 0.2) is 0 Å². The minimum absolute atomic E-state index is 0.594. The molecule has 1 aromatic heterocycles. The van der Waals surface area contributed by atoms with Crippen molar-refractivity contribution >= 4 is 17.2 Å². The van der Waals surface area contributed by atoms with Gasteiger partial charge in [-0.25, -0.2) is 4.98 Å². The van der Waals surface area contributed by atoms with Crippen LogP contribution in [0.25, 0.3) is 10.4 Å². The second-order valence-electron chi connectivity index (χ2n) is 3.41. The number of hydrogen-bond donors (Lipinski definition) is 1. The summed E-state index contributed by atoms with van der Waals surface area (Å²) in [6.07, 6.45) is 0. The molecule has 2 N–H and O–H groups in total. The molecule has 0 spiro atoms. The van der Waals surface area contributed by atoms with Crippen molar-refractivity contribution in [1.82, 2.24) is 4.98 Å². The van der Waals surface area contributed by atoms with Gasteiger partial charge in [0.05, 0.1) is 16.5 Å². The van der Waals surface area contributed by atoms with E-state index in [-0.39, 0.29) is 0 Å². The van der Waals surface area contributed by atoms with Gasteiger partial charge in [0.25, 0.3) is 0 Å². The zero-order valence-electron chi connectivity index (χ0n) is 9.36. The van der Waals surface area contributed by atoms with Crippen molar-refractivity contribution in [3.05, 3.63) is 29.3 Å². The molecule has 3 nitrogen and oxygen atoms in total. The Balaban J connectivity index is 2.40. The summed E-state index contributed by atoms with van der Waals surface area (Å²) in [5, 5.41) is 0.981. The average Bonchev–Trinajstić information content (AvgIpc) is 2.59. The first-order valence-electron chi connectivity index (χ1n) is 5.17. The Hall–Kier alpha value is -1.55. The van der Waals surface area contributed by atoms with Gasteiger partial charge in [-0.05, 0) is 31.5 Å². The van der Waals surface area contributed by atoms with E-state index >= 15 is 0 Å². The zero-order valence-corrected chi connectivity index (χ0v) is 10.2. The molecular weight excluding hydrogens is 220 g/mol. The molecular formula is C12H14N2OS. The number of nitrogen functional groups attached to an aromatic ring is 1. The van der Waals surface area contributed by atoms with Crippen LogP contribution in [0.3, 0.4) is 0 Å². The molecule has 1 heterocycles. The van der Waals surface area contributed by atoms with Gasteiger partial charge in [-0.2, -0.15) is 0 Å². The second-order valence-corrected chi connectivity index (χ2v) is 4.61. The highest BCUT2D eigenvalue weighted by molar-refractivity contribution is 7.15. The van der Waals surface area contributed by atoms with E-state index in [4.69, 9.17) is 10.5 Å². The molecule has 0 atom stereocenters. The number of rotatable bonds is 3. The summed E-state index contributed by atoms with van der Waals surface area (Å²) in [5.41, 5.74) is 6.92. The summed E-state index contributed by atoms with van der Waals surface area (Å²) in [7, 11) is 0. The van der Waals surface area contributed by atoms with Crippen LogP contribution in [0.1, 0.15) is 11.9 Å². The van der Waals surface area contributed by atoms with E-state index < -0.39 is 0 Å². The van der Waals surface area contributed by atoms with Gasteiger partial charge in [-0.3, -0.25) is 0 Å². The number of hydrogen-bond acceptors (Lipinski definition) is 4. The van der Waals surface area contributed by atoms with E-state index in [1.807, 2.05) is 38.1 Å². The summed E-state index contributed by atoms with van der Waals surface area (Å²) in [6, 6.07) is 7.92. The minimum Gasteiger partial charge on any atom is -0.494 e. The van der Waals surface area contributed by atoms with Crippen LogP contribution in [0.2, 0.25) is 0 Å². The van der Waals surface area contributed by atoms with E-state index in [1.54, 1.807) is 11.3 Å². The molecule has 0 radical (unpaired) electrons. The van der Waals surface area contributed by atoms with Crippen LogP contribution in [0.5, 0.6) is 5.75 Å². The van der Waals surface area contributed by atoms with Crippen LogP contribution >= 0.6 is 11.3 Å². The minimum atomic E-state index is 0.594. The molecule has 0 fully saturated rings. The summed E-state index contributed by atoms with van der Waals surface area (Å²) < 4.78 is 5.46. The van der Waals surface area contributed by atoms with Gasteiger partial charge in [-0.1, -0.05) is 12.1 Å². The molecule has 0 unspecified atom stereocenters. The smallest absolute Gasteiger partial charge is 0.142 e. The molecule has 0 aliphatic heterocycles. The molecule has 0 aliphatic carbocycles. The first kappa shape index (κ1) is 11.0. The number of nitrogens with two attached hydrogens (primary N) is 1. The molecule has 84 valence electrons. The highest BCUT2D eigenvalue weighted by Crippen LogP contribution is 2.33. The Bertz CT molecular complexity index is 494. The van der Waals surface area contributed by atoms with Gasteiger partial charge in [0, 0.05) is 0 Å². The molecule has 2 rings (SSSR count). The molecule has 0 aliphatic rings. The third-order valence-electron chi connectivity index (χ3n) is 2.17. The van der Waals surface area contributed by atoms with Crippen LogP contribution < -0.4 is 10.5 Å². The van der Waals surface area contributed by atoms with Crippen LogP contribution in [0.15, 0.2) is 24.3 Å². The van der Waals surface area contributed by atoms with Gasteiger partial charge in [0.1, 0.15) is 11.6 Å². The first-order chi connectivity index (χ1) is 7.70. The average molecular weight is 234 g/mol. The number of thiazole rings is 1. The number of aryl methyl sites for hydroxylation is 1. The standard InChI is InChI=1S/C12H14N2OS/c1-3-15-10-6-4-5-9(7-10)11-12(13)14-8(2)16-11/h4-7H,3,13H2,1-2H3. The topological polar surface area (TPSA) is 48.1 Å². The van der Waals surface area contributed by atoms with Crippen molar-refractivity contribution in [2.24, 2.45) is 0 Å². The first-order valence-corrected chi connectivity index (χ1v) is 5.98. The Morgan fingerprint density at radius 2 is 2.25 bits per heavy atom. The van der Waals surface area contributed by atoms with Crippen molar-refractivity contribution in [3.8, 4) is 16.2 Å². The van der Waals surface area contributed by atoms with Gasteiger partial charge >= 0.3 is 0 Å². The Labute approximate surface area is 98.9 Å². The summed E-state index contributed by atoms with van der Waals surface area (Å²) >= 11 is 1.60. The number of ether oxygens (including phenoxy) is 1. The third-order valence-corrected chi connectivity index (χ3v) is 3.20. The van der Waals surface area contributed by atoms with Crippen LogP contribution in [-0.4, -0.2) is 11.6 Å². The molecule has 0 bridgehead atoms. The van der Waals surface area contributed by atoms with Crippen molar-refractivity contribution in [2.45, 2.75) is 13.8 Å². The maximum absolute atomic E-state index is 5.86. The number of aromatic nitrogens is 1. The maximum atomic E-state index is 5.86. The normalized spacial score (nSPS) is 10.4.